The molecule has 0 unspecified atom stereocenters. The van der Waals surface area contributed by atoms with Crippen molar-refractivity contribution in [2.75, 3.05) is 12.4 Å². The summed E-state index contributed by atoms with van der Waals surface area (Å²) in [7, 11) is 1.63. The number of para-hydroxylation sites is 1. The van der Waals surface area contributed by atoms with Crippen LogP contribution >= 0.6 is 0 Å². The Labute approximate surface area is 197 Å². The van der Waals surface area contributed by atoms with Crippen LogP contribution in [0.2, 0.25) is 0 Å². The Bertz CT molecular complexity index is 1540. The molecule has 0 fully saturated rings. The van der Waals surface area contributed by atoms with E-state index in [0.29, 0.717) is 11.4 Å². The molecule has 0 saturated carbocycles. The van der Waals surface area contributed by atoms with E-state index < -0.39 is 0 Å². The number of anilines is 1. The van der Waals surface area contributed by atoms with Crippen LogP contribution in [0.1, 0.15) is 18.1 Å². The van der Waals surface area contributed by atoms with Gasteiger partial charge in [0.2, 0.25) is 5.91 Å². The number of methoxy groups -OCH3 is 1. The van der Waals surface area contributed by atoms with Gasteiger partial charge in [-0.15, -0.1) is 0 Å². The lowest BCUT2D eigenvalue weighted by Gasteiger charge is -2.13. The predicted molar refractivity (Wildman–Crippen MR) is 137 cm³/mol. The molecule has 168 valence electrons. The second kappa shape index (κ2) is 8.87. The predicted octanol–water partition coefficient (Wildman–Crippen LogP) is 7.01. The number of hydrogen-bond donors (Lipinski definition) is 1. The number of hydrogen-bond acceptors (Lipinski definition) is 4. The maximum atomic E-state index is 13.0. The van der Waals surface area contributed by atoms with Crippen molar-refractivity contribution in [3.8, 4) is 16.9 Å². The number of carbonyl (C=O) groups excluding carboxylic acids is 1. The Hall–Kier alpha value is -4.38. The largest absolute Gasteiger partial charge is 0.496 e. The molecule has 0 radical (unpaired) electrons. The molecule has 0 aliphatic rings. The number of carbonyl (C=O) groups is 1. The fourth-order valence-corrected chi connectivity index (χ4v) is 4.36. The quantitative estimate of drug-likeness (QED) is 0.294. The van der Waals surface area contributed by atoms with Crippen molar-refractivity contribution in [1.29, 1.82) is 0 Å². The van der Waals surface area contributed by atoms with E-state index in [0.717, 1.165) is 49.7 Å². The van der Waals surface area contributed by atoms with Crippen LogP contribution < -0.4 is 10.1 Å². The number of pyridine rings is 1. The molecule has 0 aliphatic carbocycles. The molecular weight excluding hydrogens is 424 g/mol. The summed E-state index contributed by atoms with van der Waals surface area (Å²) in [5.41, 5.74) is 6.80. The van der Waals surface area contributed by atoms with Crippen molar-refractivity contribution in [2.45, 2.75) is 13.8 Å². The minimum atomic E-state index is -0.231. The lowest BCUT2D eigenvalue weighted by atomic mass is 9.96. The van der Waals surface area contributed by atoms with Gasteiger partial charge < -0.3 is 14.5 Å². The van der Waals surface area contributed by atoms with Crippen LogP contribution in [-0.4, -0.2) is 18.0 Å². The summed E-state index contributed by atoms with van der Waals surface area (Å²) in [5.74, 6) is 0.459. The van der Waals surface area contributed by atoms with Gasteiger partial charge in [-0.3, -0.25) is 9.78 Å². The minimum absolute atomic E-state index is 0.231. The number of fused-ring (bicyclic) bond motifs is 2. The van der Waals surface area contributed by atoms with Crippen LogP contribution in [0, 0.1) is 6.92 Å². The molecule has 0 bridgehead atoms. The lowest BCUT2D eigenvalue weighted by Crippen LogP contribution is -2.09. The molecule has 5 aromatic rings. The average Bonchev–Trinajstić information content (AvgIpc) is 3.29. The van der Waals surface area contributed by atoms with Crippen LogP contribution in [0.15, 0.2) is 89.7 Å². The SMILES string of the molecule is COc1c(/C(C)=C/C(=O)Nc2cccc3cccnc23)cc2c(-c3ccccc3)coc2c1C. The standard InChI is InChI=1S/C29H24N2O3/c1-18(15-26(32)31-25-13-7-11-21-12-8-14-30-27(21)25)22-16-23-24(20-9-5-4-6-10-20)17-34-29(23)19(2)28(22)33-3/h4-17H,1-3H3,(H,31,32)/b18-15+. The molecule has 0 spiro atoms. The number of amides is 1. The summed E-state index contributed by atoms with van der Waals surface area (Å²) in [6, 6.07) is 21.7. The van der Waals surface area contributed by atoms with Crippen LogP contribution in [-0.2, 0) is 4.79 Å². The third-order valence-electron chi connectivity index (χ3n) is 6.00. The van der Waals surface area contributed by atoms with Crippen molar-refractivity contribution >= 4 is 39.0 Å². The number of allylic oxidation sites excluding steroid dienone is 1. The van der Waals surface area contributed by atoms with Crippen LogP contribution in [0.25, 0.3) is 38.6 Å². The zero-order chi connectivity index (χ0) is 23.7. The number of aromatic nitrogens is 1. The fourth-order valence-electron chi connectivity index (χ4n) is 4.36. The highest BCUT2D eigenvalue weighted by Gasteiger charge is 2.19. The average molecular weight is 449 g/mol. The Kier molecular flexibility index (Phi) is 5.60. The van der Waals surface area contributed by atoms with Crippen molar-refractivity contribution < 1.29 is 13.9 Å². The van der Waals surface area contributed by atoms with Crippen molar-refractivity contribution in [3.63, 3.8) is 0 Å². The third-order valence-corrected chi connectivity index (χ3v) is 6.00. The molecule has 0 atom stereocenters. The molecule has 5 nitrogen and oxygen atoms in total. The molecular formula is C29H24N2O3. The number of nitrogens with one attached hydrogen (secondary N) is 1. The number of furan rings is 1. The van der Waals surface area contributed by atoms with Crippen LogP contribution in [0.3, 0.4) is 0 Å². The highest BCUT2D eigenvalue weighted by molar-refractivity contribution is 6.08. The highest BCUT2D eigenvalue weighted by Crippen LogP contribution is 2.40. The van der Waals surface area contributed by atoms with Crippen LogP contribution in [0.4, 0.5) is 5.69 Å². The van der Waals surface area contributed by atoms with Gasteiger partial charge in [-0.1, -0.05) is 48.5 Å². The molecule has 5 heteroatoms. The van der Waals surface area contributed by atoms with E-state index in [1.54, 1.807) is 25.6 Å². The molecule has 2 aromatic heterocycles. The Balaban J connectivity index is 1.55. The molecule has 34 heavy (non-hydrogen) atoms. The zero-order valence-electron chi connectivity index (χ0n) is 19.3. The summed E-state index contributed by atoms with van der Waals surface area (Å²) in [4.78, 5) is 17.4. The number of benzene rings is 3. The summed E-state index contributed by atoms with van der Waals surface area (Å²) >= 11 is 0. The first-order chi connectivity index (χ1) is 16.6. The van der Waals surface area contributed by atoms with Gasteiger partial charge >= 0.3 is 0 Å². The van der Waals surface area contributed by atoms with Gasteiger partial charge in [0.1, 0.15) is 11.3 Å². The Morgan fingerprint density at radius 2 is 1.85 bits per heavy atom. The molecule has 2 heterocycles. The second-order valence-corrected chi connectivity index (χ2v) is 8.17. The molecule has 3 aromatic carbocycles. The number of nitrogens with zero attached hydrogens (tertiary/aromatic N) is 1. The Morgan fingerprint density at radius 3 is 2.65 bits per heavy atom. The monoisotopic (exact) mass is 448 g/mol. The highest BCUT2D eigenvalue weighted by atomic mass is 16.5. The fraction of sp³-hybridized carbons (Fsp3) is 0.103. The summed E-state index contributed by atoms with van der Waals surface area (Å²) in [5, 5.41) is 4.92. The van der Waals surface area contributed by atoms with Crippen molar-refractivity contribution in [1.82, 2.24) is 4.98 Å². The molecule has 5 rings (SSSR count). The van der Waals surface area contributed by atoms with E-state index in [4.69, 9.17) is 9.15 Å². The van der Waals surface area contributed by atoms with E-state index >= 15 is 0 Å². The van der Waals surface area contributed by atoms with Gasteiger partial charge in [0, 0.05) is 39.7 Å². The van der Waals surface area contributed by atoms with Gasteiger partial charge in [-0.05, 0) is 43.2 Å². The summed E-state index contributed by atoms with van der Waals surface area (Å²) < 4.78 is 11.7. The van der Waals surface area contributed by atoms with Crippen molar-refractivity contribution in [3.05, 3.63) is 96.4 Å². The number of aryl methyl sites for hydroxylation is 1. The van der Waals surface area contributed by atoms with E-state index in [-0.39, 0.29) is 5.91 Å². The van der Waals surface area contributed by atoms with Gasteiger partial charge in [-0.2, -0.15) is 0 Å². The second-order valence-electron chi connectivity index (χ2n) is 8.17. The first-order valence-electron chi connectivity index (χ1n) is 11.0. The summed E-state index contributed by atoms with van der Waals surface area (Å²) in [6.07, 6.45) is 5.08. The van der Waals surface area contributed by atoms with E-state index in [9.17, 15) is 4.79 Å². The zero-order valence-corrected chi connectivity index (χ0v) is 19.3. The molecule has 1 amide bonds. The normalized spacial score (nSPS) is 11.7. The first kappa shape index (κ1) is 21.5. The number of ether oxygens (including phenoxy) is 1. The van der Waals surface area contributed by atoms with Gasteiger partial charge in [0.15, 0.2) is 0 Å². The lowest BCUT2D eigenvalue weighted by molar-refractivity contribution is -0.111. The third kappa shape index (κ3) is 3.82. The maximum Gasteiger partial charge on any atom is 0.248 e. The van der Waals surface area contributed by atoms with Crippen molar-refractivity contribution in [2.24, 2.45) is 0 Å². The Morgan fingerprint density at radius 1 is 1.06 bits per heavy atom. The van der Waals surface area contributed by atoms with E-state index in [2.05, 4.69) is 22.4 Å². The smallest absolute Gasteiger partial charge is 0.248 e. The van der Waals surface area contributed by atoms with Gasteiger partial charge in [-0.25, -0.2) is 0 Å². The van der Waals surface area contributed by atoms with E-state index in [1.807, 2.05) is 68.4 Å². The summed E-state index contributed by atoms with van der Waals surface area (Å²) in [6.45, 7) is 3.88. The molecule has 1 N–H and O–H groups in total. The van der Waals surface area contributed by atoms with E-state index in [1.165, 1.54) is 0 Å². The number of rotatable bonds is 5. The topological polar surface area (TPSA) is 64.4 Å². The van der Waals surface area contributed by atoms with Gasteiger partial charge in [0.25, 0.3) is 0 Å². The molecule has 0 saturated heterocycles. The maximum absolute atomic E-state index is 13.0. The van der Waals surface area contributed by atoms with Crippen LogP contribution in [0.5, 0.6) is 5.75 Å². The first-order valence-corrected chi connectivity index (χ1v) is 11.0. The molecule has 0 aliphatic heterocycles. The van der Waals surface area contributed by atoms with Gasteiger partial charge in [0.05, 0.1) is 24.6 Å². The minimum Gasteiger partial charge on any atom is -0.496 e.